The highest BCUT2D eigenvalue weighted by Gasteiger charge is 2.52. The van der Waals surface area contributed by atoms with Crippen molar-refractivity contribution in [2.24, 2.45) is 0 Å². The van der Waals surface area contributed by atoms with Crippen LogP contribution in [0.15, 0.2) is 81.1 Å². The summed E-state index contributed by atoms with van der Waals surface area (Å²) in [5, 5.41) is 19.9. The number of methoxy groups -OCH3 is 1. The predicted molar refractivity (Wildman–Crippen MR) is 238 cm³/mol. The highest BCUT2D eigenvalue weighted by Crippen LogP contribution is 2.51. The van der Waals surface area contributed by atoms with Gasteiger partial charge in [-0.15, -0.1) is 0 Å². The van der Waals surface area contributed by atoms with Crippen molar-refractivity contribution in [2.45, 2.75) is 89.8 Å². The minimum absolute atomic E-state index is 0.223. The molecule has 17 heteroatoms. The number of carbonyl (C=O) groups is 1. The summed E-state index contributed by atoms with van der Waals surface area (Å²) >= 11 is 0. The predicted octanol–water partition coefficient (Wildman–Crippen LogP) is 6.55. The SMILES string of the molecule is COc1cc(-n2ccn(-c3c4c(nn3-c3cc(C)c(F)c(C)c3)CCN(C(=O)c3cc5cc(C6CCOCC6)ccc5n3C3(c5noc(=O)[nH]5)CC3)[C@H]4C)c2=O)ccc1OC(C)(C)CO. The van der Waals surface area contributed by atoms with Crippen molar-refractivity contribution in [2.75, 3.05) is 33.5 Å². The molecule has 7 aromatic rings. The molecule has 0 spiro atoms. The monoisotopic (exact) mass is 886 g/mol. The van der Waals surface area contributed by atoms with E-state index in [0.29, 0.717) is 108 Å². The Kier molecular flexibility index (Phi) is 10.2. The molecular formula is C48H51FN8O8. The first-order valence-electron chi connectivity index (χ1n) is 22.0. The number of aromatic nitrogens is 7. The van der Waals surface area contributed by atoms with Crippen molar-refractivity contribution in [1.82, 2.24) is 38.5 Å². The van der Waals surface area contributed by atoms with E-state index < -0.39 is 28.6 Å². The average Bonchev–Trinajstić information content (AvgIpc) is 3.59. The number of aliphatic hydroxyl groups is 1. The third-order valence-electron chi connectivity index (χ3n) is 13.3. The van der Waals surface area contributed by atoms with Crippen LogP contribution in [-0.4, -0.2) is 88.6 Å². The van der Waals surface area contributed by atoms with E-state index in [0.717, 1.165) is 23.7 Å². The minimum atomic E-state index is -0.878. The normalized spacial score (nSPS) is 17.4. The standard InChI is InChI=1S/C48H51FN8O8/c1-27-21-34(22-28(2)41(27)49)57-42(55-18-17-54(46(55)61)33-8-10-38(39(25-33)62-6)64-47(4,5)26-58)40-29(3)53(16-11-35(40)51-57)43(59)37-24-32-23-31(30-12-19-63-20-13-30)7-9-36(32)56(37)48(14-15-48)44-50-45(60)65-52-44/h7-10,17-18,21-25,29-30,58H,11-16,19-20,26H2,1-6H3,(H,50,52,60)/t29-/m0/s1. The van der Waals surface area contributed by atoms with Crippen LogP contribution in [0.4, 0.5) is 4.39 Å². The van der Waals surface area contributed by atoms with Crippen molar-refractivity contribution in [3.05, 3.63) is 133 Å². The number of imidazole rings is 1. The van der Waals surface area contributed by atoms with Gasteiger partial charge in [-0.05, 0) is 125 Å². The van der Waals surface area contributed by atoms with Crippen molar-refractivity contribution in [3.8, 4) is 28.7 Å². The Labute approximate surface area is 372 Å². The third-order valence-corrected chi connectivity index (χ3v) is 13.3. The molecule has 0 bridgehead atoms. The fourth-order valence-electron chi connectivity index (χ4n) is 9.74. The summed E-state index contributed by atoms with van der Waals surface area (Å²) in [6.07, 6.45) is 6.77. The number of hydrogen-bond donors (Lipinski definition) is 2. The van der Waals surface area contributed by atoms with E-state index in [9.17, 15) is 14.7 Å². The third kappa shape index (κ3) is 7.08. The molecule has 0 radical (unpaired) electrons. The number of amides is 1. The second-order valence-electron chi connectivity index (χ2n) is 18.1. The highest BCUT2D eigenvalue weighted by molar-refractivity contribution is 6.00. The number of nitrogens with zero attached hydrogens (tertiary/aromatic N) is 7. The van der Waals surface area contributed by atoms with E-state index in [1.165, 1.54) is 21.8 Å². The summed E-state index contributed by atoms with van der Waals surface area (Å²) in [5.41, 5.74) is 3.62. The molecule has 10 rings (SSSR count). The number of aromatic amines is 1. The zero-order valence-electron chi connectivity index (χ0n) is 37.2. The van der Waals surface area contributed by atoms with Crippen LogP contribution in [0.25, 0.3) is 28.1 Å². The number of aliphatic hydroxyl groups excluding tert-OH is 1. The maximum Gasteiger partial charge on any atom is 0.438 e. The van der Waals surface area contributed by atoms with Crippen LogP contribution >= 0.6 is 0 Å². The summed E-state index contributed by atoms with van der Waals surface area (Å²) in [5.74, 6) is 0.644. The Morgan fingerprint density at radius 2 is 1.72 bits per heavy atom. The largest absolute Gasteiger partial charge is 0.493 e. The first-order valence-corrected chi connectivity index (χ1v) is 22.0. The molecule has 3 aromatic carbocycles. The second-order valence-corrected chi connectivity index (χ2v) is 18.1. The van der Waals surface area contributed by atoms with Gasteiger partial charge < -0.3 is 28.8 Å². The maximum atomic E-state index is 15.4. The Bertz CT molecular complexity index is 3100. The fourth-order valence-corrected chi connectivity index (χ4v) is 9.74. The number of H-pyrrole nitrogens is 1. The van der Waals surface area contributed by atoms with Crippen LogP contribution in [0.2, 0.25) is 0 Å². The van der Waals surface area contributed by atoms with Gasteiger partial charge in [-0.1, -0.05) is 11.2 Å². The Morgan fingerprint density at radius 3 is 2.40 bits per heavy atom. The molecule has 1 saturated heterocycles. The zero-order chi connectivity index (χ0) is 45.5. The first-order chi connectivity index (χ1) is 31.2. The van der Waals surface area contributed by atoms with E-state index in [-0.39, 0.29) is 18.3 Å². The Hall–Kier alpha value is -6.72. The second kappa shape index (κ2) is 15.8. The summed E-state index contributed by atoms with van der Waals surface area (Å²) in [6, 6.07) is 16.2. The lowest BCUT2D eigenvalue weighted by molar-refractivity contribution is 0.0390. The first kappa shape index (κ1) is 42.2. The molecule has 4 aromatic heterocycles. The molecule has 1 saturated carbocycles. The van der Waals surface area contributed by atoms with Gasteiger partial charge in [-0.2, -0.15) is 5.10 Å². The maximum absolute atomic E-state index is 15.4. The molecule has 2 N–H and O–H groups in total. The van der Waals surface area contributed by atoms with Crippen LogP contribution in [0.3, 0.4) is 0 Å². The molecule has 0 unspecified atom stereocenters. The van der Waals surface area contributed by atoms with Gasteiger partial charge in [0.05, 0.1) is 36.8 Å². The van der Waals surface area contributed by atoms with E-state index in [1.54, 1.807) is 75.1 Å². The lowest BCUT2D eigenvalue weighted by Crippen LogP contribution is -2.41. The van der Waals surface area contributed by atoms with Gasteiger partial charge in [0.25, 0.3) is 5.91 Å². The topological polar surface area (TPSA) is 177 Å². The summed E-state index contributed by atoms with van der Waals surface area (Å²) in [6.45, 7) is 10.3. The quantitative estimate of drug-likeness (QED) is 0.145. The average molecular weight is 887 g/mol. The number of nitrogens with one attached hydrogen (secondary N) is 1. The Morgan fingerprint density at radius 1 is 0.985 bits per heavy atom. The lowest BCUT2D eigenvalue weighted by Gasteiger charge is -2.34. The number of aryl methyl sites for hydroxylation is 2. The smallest absolute Gasteiger partial charge is 0.438 e. The number of ether oxygens (including phenoxy) is 3. The van der Waals surface area contributed by atoms with Crippen molar-refractivity contribution < 1.29 is 33.0 Å². The Balaban J connectivity index is 1.09. The van der Waals surface area contributed by atoms with E-state index in [1.807, 2.05) is 22.5 Å². The zero-order valence-corrected chi connectivity index (χ0v) is 37.2. The molecule has 2 aliphatic heterocycles. The molecule has 1 amide bonds. The van der Waals surface area contributed by atoms with Gasteiger partial charge in [-0.25, -0.2) is 18.7 Å². The number of benzene rings is 3. The molecule has 16 nitrogen and oxygen atoms in total. The van der Waals surface area contributed by atoms with Crippen LogP contribution < -0.4 is 20.9 Å². The van der Waals surface area contributed by atoms with Crippen molar-refractivity contribution in [1.29, 1.82) is 0 Å². The summed E-state index contributed by atoms with van der Waals surface area (Å²) in [7, 11) is 1.50. The van der Waals surface area contributed by atoms with Gasteiger partial charge in [0.1, 0.15) is 28.5 Å². The number of carbonyl (C=O) groups excluding carboxylic acids is 1. The summed E-state index contributed by atoms with van der Waals surface area (Å²) in [4.78, 5) is 47.1. The molecular weight excluding hydrogens is 836 g/mol. The van der Waals surface area contributed by atoms with E-state index >= 15 is 9.18 Å². The van der Waals surface area contributed by atoms with Crippen LogP contribution in [0.1, 0.15) is 103 Å². The van der Waals surface area contributed by atoms with Crippen molar-refractivity contribution >= 4 is 16.8 Å². The van der Waals surface area contributed by atoms with Gasteiger partial charge in [-0.3, -0.25) is 23.4 Å². The van der Waals surface area contributed by atoms with E-state index in [2.05, 4.69) is 28.3 Å². The molecule has 338 valence electrons. The number of rotatable bonds is 11. The summed E-state index contributed by atoms with van der Waals surface area (Å²) < 4.78 is 44.1. The molecule has 1 aliphatic carbocycles. The fraction of sp³-hybridized carbons (Fsp3) is 0.396. The van der Waals surface area contributed by atoms with Gasteiger partial charge in [0.15, 0.2) is 17.3 Å². The van der Waals surface area contributed by atoms with Crippen molar-refractivity contribution in [3.63, 3.8) is 0 Å². The van der Waals surface area contributed by atoms with Crippen LogP contribution in [0, 0.1) is 19.7 Å². The minimum Gasteiger partial charge on any atom is -0.493 e. The number of halogens is 1. The van der Waals surface area contributed by atoms with Crippen LogP contribution in [-0.2, 0) is 16.7 Å². The number of fused-ring (bicyclic) bond motifs is 2. The van der Waals surface area contributed by atoms with E-state index in [4.69, 9.17) is 23.8 Å². The number of hydrogen-bond acceptors (Lipinski definition) is 10. The van der Waals surface area contributed by atoms with Gasteiger partial charge >= 0.3 is 11.4 Å². The molecule has 6 heterocycles. The van der Waals surface area contributed by atoms with Gasteiger partial charge in [0, 0.05) is 61.1 Å². The van der Waals surface area contributed by atoms with Gasteiger partial charge in [0.2, 0.25) is 0 Å². The highest BCUT2D eigenvalue weighted by atomic mass is 19.1. The molecule has 2 fully saturated rings. The molecule has 65 heavy (non-hydrogen) atoms. The molecule has 1 atom stereocenters. The van der Waals surface area contributed by atoms with Crippen LogP contribution in [0.5, 0.6) is 11.5 Å². The lowest BCUT2D eigenvalue weighted by atomic mass is 9.91. The molecule has 3 aliphatic rings.